The van der Waals surface area contributed by atoms with E-state index in [0.29, 0.717) is 31.2 Å². The van der Waals surface area contributed by atoms with Crippen LogP contribution in [0.25, 0.3) is 0 Å². The number of nitrogens with one attached hydrogen (secondary N) is 1. The fraction of sp³-hybridized carbons (Fsp3) is 1.00. The minimum atomic E-state index is 0.0647. The van der Waals surface area contributed by atoms with Gasteiger partial charge in [-0.15, -0.1) is 0 Å². The third kappa shape index (κ3) is 3.05. The van der Waals surface area contributed by atoms with E-state index in [2.05, 4.69) is 5.32 Å². The molecule has 2 atom stereocenters. The van der Waals surface area contributed by atoms with E-state index in [1.807, 2.05) is 6.92 Å². The summed E-state index contributed by atoms with van der Waals surface area (Å²) in [5, 5.41) is 13.2. The molecule has 0 saturated heterocycles. The van der Waals surface area contributed by atoms with Gasteiger partial charge in [0, 0.05) is 31.3 Å². The second-order valence-corrected chi connectivity index (χ2v) is 5.95. The lowest BCUT2D eigenvalue weighted by molar-refractivity contribution is -0.0565. The third-order valence-electron chi connectivity index (χ3n) is 4.67. The summed E-state index contributed by atoms with van der Waals surface area (Å²) in [6, 6.07) is 0.440. The van der Waals surface area contributed by atoms with Gasteiger partial charge in [0.1, 0.15) is 0 Å². The van der Waals surface area contributed by atoms with Gasteiger partial charge in [-0.1, -0.05) is 12.8 Å². The van der Waals surface area contributed by atoms with Crippen molar-refractivity contribution in [2.45, 2.75) is 63.1 Å². The van der Waals surface area contributed by atoms with Crippen LogP contribution in [-0.2, 0) is 4.74 Å². The highest BCUT2D eigenvalue weighted by Crippen LogP contribution is 2.36. The Morgan fingerprint density at radius 1 is 1.33 bits per heavy atom. The van der Waals surface area contributed by atoms with Gasteiger partial charge >= 0.3 is 0 Å². The quantitative estimate of drug-likeness (QED) is 0.664. The zero-order valence-corrected chi connectivity index (χ0v) is 11.5. The molecule has 0 bridgehead atoms. The first-order chi connectivity index (χ1) is 8.73. The van der Waals surface area contributed by atoms with Gasteiger partial charge in [-0.05, 0) is 38.5 Å². The molecule has 0 aliphatic heterocycles. The monoisotopic (exact) mass is 256 g/mol. The number of aliphatic hydroxyl groups is 1. The molecule has 4 N–H and O–H groups in total. The molecule has 0 amide bonds. The molecule has 2 fully saturated rings. The molecule has 2 aliphatic rings. The van der Waals surface area contributed by atoms with Crippen LogP contribution in [0.15, 0.2) is 0 Å². The lowest BCUT2D eigenvalue weighted by Crippen LogP contribution is -2.66. The van der Waals surface area contributed by atoms with Gasteiger partial charge in [0.2, 0.25) is 0 Å². The summed E-state index contributed by atoms with van der Waals surface area (Å²) in [6.45, 7) is 3.80. The molecule has 0 aromatic carbocycles. The summed E-state index contributed by atoms with van der Waals surface area (Å²) in [4.78, 5) is 0. The van der Waals surface area contributed by atoms with Crippen molar-refractivity contribution >= 4 is 0 Å². The number of hydrogen-bond acceptors (Lipinski definition) is 4. The van der Waals surface area contributed by atoms with E-state index in [9.17, 15) is 5.11 Å². The highest BCUT2D eigenvalue weighted by atomic mass is 16.5. The summed E-state index contributed by atoms with van der Waals surface area (Å²) in [7, 11) is 0. The van der Waals surface area contributed by atoms with E-state index < -0.39 is 0 Å². The molecule has 2 aliphatic carbocycles. The maximum Gasteiger partial charge on any atom is 0.0611 e. The maximum absolute atomic E-state index is 9.46. The summed E-state index contributed by atoms with van der Waals surface area (Å²) < 4.78 is 5.63. The molecule has 4 heteroatoms. The van der Waals surface area contributed by atoms with Crippen molar-refractivity contribution in [1.82, 2.24) is 5.32 Å². The smallest absolute Gasteiger partial charge is 0.0611 e. The standard InChI is InChI=1S/C14H28N2O2/c1-2-18-12-7-14(8-12,10-15)16-13-6-4-3-5-11(13)9-17/h11-13,16-17H,2-10,15H2,1H3. The molecular formula is C14H28N2O2. The van der Waals surface area contributed by atoms with E-state index in [4.69, 9.17) is 10.5 Å². The van der Waals surface area contributed by atoms with Gasteiger partial charge in [0.25, 0.3) is 0 Å². The van der Waals surface area contributed by atoms with Crippen LogP contribution in [-0.4, -0.2) is 42.5 Å². The number of ether oxygens (including phenoxy) is 1. The predicted molar refractivity (Wildman–Crippen MR) is 72.4 cm³/mol. The van der Waals surface area contributed by atoms with Gasteiger partial charge in [0.05, 0.1) is 6.10 Å². The number of rotatable bonds is 6. The van der Waals surface area contributed by atoms with Crippen molar-refractivity contribution in [2.75, 3.05) is 19.8 Å². The summed E-state index contributed by atoms with van der Waals surface area (Å²) in [5.41, 5.74) is 6.02. The highest BCUT2D eigenvalue weighted by molar-refractivity contribution is 5.05. The Balaban J connectivity index is 1.86. The molecule has 2 rings (SSSR count). The Labute approximate surface area is 110 Å². The minimum Gasteiger partial charge on any atom is -0.396 e. The first-order valence-corrected chi connectivity index (χ1v) is 7.43. The van der Waals surface area contributed by atoms with E-state index >= 15 is 0 Å². The average molecular weight is 256 g/mol. The van der Waals surface area contributed by atoms with Crippen LogP contribution in [0.2, 0.25) is 0 Å². The predicted octanol–water partition coefficient (Wildman–Crippen LogP) is 1.02. The van der Waals surface area contributed by atoms with E-state index in [1.165, 1.54) is 19.3 Å². The Morgan fingerprint density at radius 2 is 2.06 bits per heavy atom. The minimum absolute atomic E-state index is 0.0647. The third-order valence-corrected chi connectivity index (χ3v) is 4.67. The van der Waals surface area contributed by atoms with Crippen LogP contribution in [0.3, 0.4) is 0 Å². The van der Waals surface area contributed by atoms with Crippen molar-refractivity contribution in [3.8, 4) is 0 Å². The topological polar surface area (TPSA) is 67.5 Å². The van der Waals surface area contributed by atoms with Gasteiger partial charge in [0.15, 0.2) is 0 Å². The van der Waals surface area contributed by atoms with Crippen molar-refractivity contribution in [1.29, 1.82) is 0 Å². The van der Waals surface area contributed by atoms with Crippen molar-refractivity contribution in [3.05, 3.63) is 0 Å². The fourth-order valence-corrected chi connectivity index (χ4v) is 3.52. The SMILES string of the molecule is CCOC1CC(CN)(NC2CCCCC2CO)C1. The Bertz CT molecular complexity index is 254. The zero-order chi connectivity index (χ0) is 13.0. The van der Waals surface area contributed by atoms with E-state index in [-0.39, 0.29) is 5.54 Å². The molecule has 106 valence electrons. The molecule has 2 unspecified atom stereocenters. The number of aliphatic hydroxyl groups excluding tert-OH is 1. The molecule has 0 aromatic rings. The largest absolute Gasteiger partial charge is 0.396 e. The Morgan fingerprint density at radius 3 is 2.67 bits per heavy atom. The van der Waals surface area contributed by atoms with Gasteiger partial charge in [-0.2, -0.15) is 0 Å². The summed E-state index contributed by atoms with van der Waals surface area (Å²) in [5.74, 6) is 0.410. The number of nitrogens with two attached hydrogens (primary N) is 1. The van der Waals surface area contributed by atoms with Crippen LogP contribution in [0.4, 0.5) is 0 Å². The molecule has 0 spiro atoms. The van der Waals surface area contributed by atoms with Crippen LogP contribution >= 0.6 is 0 Å². The lowest BCUT2D eigenvalue weighted by Gasteiger charge is -2.50. The highest BCUT2D eigenvalue weighted by Gasteiger charge is 2.45. The summed E-state index contributed by atoms with van der Waals surface area (Å²) >= 11 is 0. The van der Waals surface area contributed by atoms with Crippen LogP contribution in [0.5, 0.6) is 0 Å². The molecule has 2 saturated carbocycles. The first-order valence-electron chi connectivity index (χ1n) is 7.43. The van der Waals surface area contributed by atoms with E-state index in [0.717, 1.165) is 25.9 Å². The molecular weight excluding hydrogens is 228 g/mol. The second kappa shape index (κ2) is 6.33. The normalized spacial score (nSPS) is 40.5. The van der Waals surface area contributed by atoms with Crippen LogP contribution < -0.4 is 11.1 Å². The Kier molecular flexibility index (Phi) is 5.01. The van der Waals surface area contributed by atoms with Gasteiger partial charge in [-0.25, -0.2) is 0 Å². The molecule has 0 heterocycles. The van der Waals surface area contributed by atoms with Crippen molar-refractivity contribution in [2.24, 2.45) is 11.7 Å². The summed E-state index contributed by atoms with van der Waals surface area (Å²) in [6.07, 6.45) is 7.25. The second-order valence-electron chi connectivity index (χ2n) is 5.95. The fourth-order valence-electron chi connectivity index (χ4n) is 3.52. The van der Waals surface area contributed by atoms with Gasteiger partial charge < -0.3 is 20.9 Å². The Hall–Kier alpha value is -0.160. The molecule has 18 heavy (non-hydrogen) atoms. The molecule has 0 radical (unpaired) electrons. The first kappa shape index (κ1) is 14.3. The molecule has 0 aromatic heterocycles. The zero-order valence-electron chi connectivity index (χ0n) is 11.5. The maximum atomic E-state index is 9.46. The van der Waals surface area contributed by atoms with E-state index in [1.54, 1.807) is 0 Å². The van der Waals surface area contributed by atoms with Crippen molar-refractivity contribution < 1.29 is 9.84 Å². The van der Waals surface area contributed by atoms with Crippen LogP contribution in [0.1, 0.15) is 45.4 Å². The van der Waals surface area contributed by atoms with Crippen molar-refractivity contribution in [3.63, 3.8) is 0 Å². The lowest BCUT2D eigenvalue weighted by atomic mass is 9.72. The van der Waals surface area contributed by atoms with Crippen LogP contribution in [0, 0.1) is 5.92 Å². The average Bonchev–Trinajstić information content (AvgIpc) is 2.36. The van der Waals surface area contributed by atoms with Gasteiger partial charge in [-0.3, -0.25) is 0 Å². The number of hydrogen-bond donors (Lipinski definition) is 3. The molecule has 4 nitrogen and oxygen atoms in total.